The Morgan fingerprint density at radius 1 is 1.50 bits per heavy atom. The quantitative estimate of drug-likeness (QED) is 0.851. The summed E-state index contributed by atoms with van der Waals surface area (Å²) in [6.45, 7) is 0.857. The molecule has 4 nitrogen and oxygen atoms in total. The van der Waals surface area contributed by atoms with Crippen molar-refractivity contribution >= 4 is 17.3 Å². The fourth-order valence-electron chi connectivity index (χ4n) is 2.22. The van der Waals surface area contributed by atoms with E-state index in [-0.39, 0.29) is 10.6 Å². The molecule has 1 saturated carbocycles. The molecule has 1 aliphatic rings. The van der Waals surface area contributed by atoms with E-state index in [2.05, 4.69) is 15.5 Å². The predicted molar refractivity (Wildman–Crippen MR) is 64.9 cm³/mol. The average Bonchev–Trinajstić information content (AvgIpc) is 2.77. The van der Waals surface area contributed by atoms with Crippen molar-refractivity contribution in [2.75, 3.05) is 11.9 Å². The van der Waals surface area contributed by atoms with Gasteiger partial charge in [-0.25, -0.2) is 5.10 Å². The van der Waals surface area contributed by atoms with Crippen LogP contribution in [0.4, 0.5) is 5.69 Å². The standard InChI is InChI=1S/C11H16ClN3O/c12-10-9(7-14-15-11(10)16)13-6-5-8-3-1-2-4-8/h7-8H,1-6H2,(H2,13,15,16). The molecule has 2 rings (SSSR count). The highest BCUT2D eigenvalue weighted by Crippen LogP contribution is 2.27. The van der Waals surface area contributed by atoms with Gasteiger partial charge in [0.2, 0.25) is 0 Å². The predicted octanol–water partition coefficient (Wildman–Crippen LogP) is 2.42. The molecule has 1 aliphatic carbocycles. The average molecular weight is 242 g/mol. The van der Waals surface area contributed by atoms with Gasteiger partial charge in [0.25, 0.3) is 5.56 Å². The van der Waals surface area contributed by atoms with E-state index in [0.29, 0.717) is 5.69 Å². The summed E-state index contributed by atoms with van der Waals surface area (Å²) < 4.78 is 0. The van der Waals surface area contributed by atoms with Gasteiger partial charge < -0.3 is 5.32 Å². The van der Waals surface area contributed by atoms with Crippen LogP contribution in [0.25, 0.3) is 0 Å². The van der Waals surface area contributed by atoms with Gasteiger partial charge >= 0.3 is 0 Å². The summed E-state index contributed by atoms with van der Waals surface area (Å²) in [5.41, 5.74) is 0.288. The molecular weight excluding hydrogens is 226 g/mol. The van der Waals surface area contributed by atoms with Crippen LogP contribution in [-0.4, -0.2) is 16.7 Å². The van der Waals surface area contributed by atoms with Gasteiger partial charge in [-0.15, -0.1) is 0 Å². The summed E-state index contributed by atoms with van der Waals surface area (Å²) in [6, 6.07) is 0. The zero-order valence-electron chi connectivity index (χ0n) is 9.13. The Balaban J connectivity index is 1.84. The SMILES string of the molecule is O=c1[nH]ncc(NCCC2CCCC2)c1Cl. The molecule has 0 aromatic carbocycles. The lowest BCUT2D eigenvalue weighted by atomic mass is 10.0. The first kappa shape index (κ1) is 11.5. The third-order valence-corrected chi connectivity index (χ3v) is 3.51. The Morgan fingerprint density at radius 2 is 2.25 bits per heavy atom. The smallest absolute Gasteiger partial charge is 0.285 e. The van der Waals surface area contributed by atoms with E-state index in [9.17, 15) is 4.79 Å². The van der Waals surface area contributed by atoms with Gasteiger partial charge in [0.1, 0.15) is 5.02 Å². The molecular formula is C11H16ClN3O. The van der Waals surface area contributed by atoms with Crippen LogP contribution in [-0.2, 0) is 0 Å². The third kappa shape index (κ3) is 2.76. The summed E-state index contributed by atoms with van der Waals surface area (Å²) in [5.74, 6) is 0.834. The van der Waals surface area contributed by atoms with E-state index in [0.717, 1.165) is 18.9 Å². The first-order valence-corrected chi connectivity index (χ1v) is 6.12. The molecule has 0 bridgehead atoms. The number of nitrogens with one attached hydrogen (secondary N) is 2. The van der Waals surface area contributed by atoms with Crippen LogP contribution >= 0.6 is 11.6 Å². The monoisotopic (exact) mass is 241 g/mol. The zero-order valence-corrected chi connectivity index (χ0v) is 9.89. The fourth-order valence-corrected chi connectivity index (χ4v) is 2.37. The summed E-state index contributed by atoms with van der Waals surface area (Å²) in [7, 11) is 0. The summed E-state index contributed by atoms with van der Waals surface area (Å²) in [6.07, 6.45) is 8.09. The molecule has 0 saturated heterocycles. The van der Waals surface area contributed by atoms with Crippen LogP contribution in [0.3, 0.4) is 0 Å². The number of hydrogen-bond donors (Lipinski definition) is 2. The first-order chi connectivity index (χ1) is 7.77. The number of aromatic amines is 1. The number of aromatic nitrogens is 2. The van der Waals surface area contributed by atoms with Gasteiger partial charge in [0.05, 0.1) is 11.9 Å². The Bertz CT molecular complexity index is 398. The molecule has 0 aliphatic heterocycles. The third-order valence-electron chi connectivity index (χ3n) is 3.14. The molecule has 0 radical (unpaired) electrons. The van der Waals surface area contributed by atoms with Gasteiger partial charge in [-0.3, -0.25) is 4.79 Å². The number of hydrogen-bond acceptors (Lipinski definition) is 3. The van der Waals surface area contributed by atoms with Crippen LogP contribution < -0.4 is 10.9 Å². The summed E-state index contributed by atoms with van der Waals surface area (Å²) in [5, 5.41) is 9.37. The molecule has 1 aromatic heterocycles. The molecule has 1 heterocycles. The number of anilines is 1. The molecule has 1 fully saturated rings. The Labute approximate surface area is 99.4 Å². The second kappa shape index (κ2) is 5.34. The lowest BCUT2D eigenvalue weighted by Crippen LogP contribution is -2.13. The van der Waals surface area contributed by atoms with E-state index >= 15 is 0 Å². The highest BCUT2D eigenvalue weighted by atomic mass is 35.5. The maximum Gasteiger partial charge on any atom is 0.285 e. The minimum absolute atomic E-state index is 0.196. The molecule has 0 unspecified atom stereocenters. The molecule has 88 valence electrons. The number of rotatable bonds is 4. The van der Waals surface area contributed by atoms with Crippen LogP contribution in [0, 0.1) is 5.92 Å². The Hall–Kier alpha value is -1.03. The van der Waals surface area contributed by atoms with Crippen LogP contribution in [0.2, 0.25) is 5.02 Å². The van der Waals surface area contributed by atoms with Gasteiger partial charge in [-0.2, -0.15) is 5.10 Å². The maximum absolute atomic E-state index is 11.2. The zero-order chi connectivity index (χ0) is 11.4. The van der Waals surface area contributed by atoms with Crippen LogP contribution in [0.5, 0.6) is 0 Å². The first-order valence-electron chi connectivity index (χ1n) is 5.74. The van der Waals surface area contributed by atoms with Crippen molar-refractivity contribution in [2.24, 2.45) is 5.92 Å². The number of nitrogens with zero attached hydrogens (tertiary/aromatic N) is 1. The Kier molecular flexibility index (Phi) is 3.83. The van der Waals surface area contributed by atoms with Gasteiger partial charge in [0.15, 0.2) is 0 Å². The summed E-state index contributed by atoms with van der Waals surface area (Å²) in [4.78, 5) is 11.2. The van der Waals surface area contributed by atoms with Crippen LogP contribution in [0.1, 0.15) is 32.1 Å². The fraction of sp³-hybridized carbons (Fsp3) is 0.636. The van der Waals surface area contributed by atoms with Gasteiger partial charge in [-0.1, -0.05) is 37.3 Å². The van der Waals surface area contributed by atoms with Crippen molar-refractivity contribution in [1.82, 2.24) is 10.2 Å². The Morgan fingerprint density at radius 3 is 3.00 bits per heavy atom. The van der Waals surface area contributed by atoms with Crippen molar-refractivity contribution < 1.29 is 0 Å². The number of halogens is 1. The minimum Gasteiger partial charge on any atom is -0.382 e. The molecule has 0 amide bonds. The highest BCUT2D eigenvalue weighted by molar-refractivity contribution is 6.32. The lowest BCUT2D eigenvalue weighted by Gasteiger charge is -2.10. The van der Waals surface area contributed by atoms with Crippen molar-refractivity contribution in [1.29, 1.82) is 0 Å². The summed E-state index contributed by atoms with van der Waals surface area (Å²) >= 11 is 5.84. The van der Waals surface area contributed by atoms with Crippen molar-refractivity contribution in [3.05, 3.63) is 21.6 Å². The van der Waals surface area contributed by atoms with Gasteiger partial charge in [0, 0.05) is 6.54 Å². The van der Waals surface area contributed by atoms with E-state index < -0.39 is 0 Å². The van der Waals surface area contributed by atoms with Gasteiger partial charge in [-0.05, 0) is 12.3 Å². The molecule has 0 spiro atoms. The second-order valence-electron chi connectivity index (χ2n) is 4.29. The van der Waals surface area contributed by atoms with Crippen molar-refractivity contribution in [3.63, 3.8) is 0 Å². The minimum atomic E-state index is -0.340. The van der Waals surface area contributed by atoms with Crippen LogP contribution in [0.15, 0.2) is 11.0 Å². The number of H-pyrrole nitrogens is 1. The largest absolute Gasteiger partial charge is 0.382 e. The maximum atomic E-state index is 11.2. The molecule has 5 heteroatoms. The second-order valence-corrected chi connectivity index (χ2v) is 4.67. The molecule has 2 N–H and O–H groups in total. The lowest BCUT2D eigenvalue weighted by molar-refractivity contribution is 0.518. The van der Waals surface area contributed by atoms with E-state index in [1.54, 1.807) is 6.20 Å². The van der Waals surface area contributed by atoms with E-state index in [1.165, 1.54) is 25.7 Å². The van der Waals surface area contributed by atoms with E-state index in [1.807, 2.05) is 0 Å². The molecule has 16 heavy (non-hydrogen) atoms. The molecule has 1 aromatic rings. The van der Waals surface area contributed by atoms with Crippen molar-refractivity contribution in [2.45, 2.75) is 32.1 Å². The topological polar surface area (TPSA) is 57.8 Å². The normalized spacial score (nSPS) is 16.6. The highest BCUT2D eigenvalue weighted by Gasteiger charge is 2.14. The van der Waals surface area contributed by atoms with E-state index in [4.69, 9.17) is 11.6 Å². The molecule has 0 atom stereocenters. The van der Waals surface area contributed by atoms with Crippen molar-refractivity contribution in [3.8, 4) is 0 Å².